The summed E-state index contributed by atoms with van der Waals surface area (Å²) < 4.78 is 11.4. The molecule has 0 saturated carbocycles. The van der Waals surface area contributed by atoms with Crippen molar-refractivity contribution in [1.29, 1.82) is 5.26 Å². The Balaban J connectivity index is 2.15. The standard InChI is InChI=1S/C16H15NO2/c1-2-11-18-15-5-3-4-6-16(15)19-14-9-7-13(12-17)8-10-14/h3-10H,2,11H2,1H3. The van der Waals surface area contributed by atoms with Gasteiger partial charge in [0.15, 0.2) is 11.5 Å². The van der Waals surface area contributed by atoms with Crippen LogP contribution in [0.25, 0.3) is 0 Å². The molecule has 96 valence electrons. The number of nitriles is 1. The van der Waals surface area contributed by atoms with E-state index < -0.39 is 0 Å². The number of nitrogens with zero attached hydrogens (tertiary/aromatic N) is 1. The molecule has 0 atom stereocenters. The largest absolute Gasteiger partial charge is 0.490 e. The molecule has 0 radical (unpaired) electrons. The fourth-order valence-electron chi connectivity index (χ4n) is 1.59. The highest BCUT2D eigenvalue weighted by atomic mass is 16.5. The highest BCUT2D eigenvalue weighted by Gasteiger charge is 2.05. The molecule has 0 unspecified atom stereocenters. The molecule has 19 heavy (non-hydrogen) atoms. The van der Waals surface area contributed by atoms with Crippen LogP contribution < -0.4 is 9.47 Å². The molecule has 0 saturated heterocycles. The van der Waals surface area contributed by atoms with Crippen LogP contribution in [0.15, 0.2) is 48.5 Å². The molecule has 0 aliphatic heterocycles. The average molecular weight is 253 g/mol. The molecule has 3 heteroatoms. The molecule has 0 aliphatic carbocycles. The van der Waals surface area contributed by atoms with Crippen LogP contribution in [0.4, 0.5) is 0 Å². The lowest BCUT2D eigenvalue weighted by Crippen LogP contribution is -1.97. The Hall–Kier alpha value is -2.47. The van der Waals surface area contributed by atoms with Crippen molar-refractivity contribution < 1.29 is 9.47 Å². The fourth-order valence-corrected chi connectivity index (χ4v) is 1.59. The van der Waals surface area contributed by atoms with Crippen LogP contribution in [-0.2, 0) is 0 Å². The van der Waals surface area contributed by atoms with Crippen LogP contribution >= 0.6 is 0 Å². The van der Waals surface area contributed by atoms with Crippen LogP contribution in [0, 0.1) is 11.3 Å². The first-order chi connectivity index (χ1) is 9.33. The lowest BCUT2D eigenvalue weighted by Gasteiger charge is -2.11. The second-order valence-corrected chi connectivity index (χ2v) is 4.03. The van der Waals surface area contributed by atoms with Crippen molar-refractivity contribution in [2.75, 3.05) is 6.61 Å². The van der Waals surface area contributed by atoms with Gasteiger partial charge in [0.05, 0.1) is 18.2 Å². The van der Waals surface area contributed by atoms with Gasteiger partial charge in [-0.15, -0.1) is 0 Å². The van der Waals surface area contributed by atoms with E-state index >= 15 is 0 Å². The Kier molecular flexibility index (Phi) is 4.41. The molecule has 0 spiro atoms. The van der Waals surface area contributed by atoms with Gasteiger partial charge in [-0.05, 0) is 42.8 Å². The third-order valence-corrected chi connectivity index (χ3v) is 2.52. The van der Waals surface area contributed by atoms with Gasteiger partial charge in [0, 0.05) is 0 Å². The smallest absolute Gasteiger partial charge is 0.169 e. The fraction of sp³-hybridized carbons (Fsp3) is 0.188. The van der Waals surface area contributed by atoms with E-state index in [9.17, 15) is 0 Å². The number of rotatable bonds is 5. The van der Waals surface area contributed by atoms with Gasteiger partial charge in [0.25, 0.3) is 0 Å². The monoisotopic (exact) mass is 253 g/mol. The molecule has 2 rings (SSSR count). The minimum absolute atomic E-state index is 0.614. The number of hydrogen-bond donors (Lipinski definition) is 0. The Morgan fingerprint density at radius 1 is 1.00 bits per heavy atom. The summed E-state index contributed by atoms with van der Waals surface area (Å²) >= 11 is 0. The molecule has 0 aromatic heterocycles. The van der Waals surface area contributed by atoms with Gasteiger partial charge in [0.2, 0.25) is 0 Å². The molecule has 0 fully saturated rings. The van der Waals surface area contributed by atoms with E-state index in [0.717, 1.165) is 12.2 Å². The molecule has 2 aromatic carbocycles. The topological polar surface area (TPSA) is 42.2 Å². The first-order valence-corrected chi connectivity index (χ1v) is 6.23. The average Bonchev–Trinajstić information content (AvgIpc) is 2.47. The summed E-state index contributed by atoms with van der Waals surface area (Å²) in [5.74, 6) is 2.10. The van der Waals surface area contributed by atoms with Crippen molar-refractivity contribution in [1.82, 2.24) is 0 Å². The van der Waals surface area contributed by atoms with Crippen LogP contribution in [0.5, 0.6) is 17.2 Å². The Bertz CT molecular complexity index is 570. The Labute approximate surface area is 113 Å². The number of benzene rings is 2. The lowest BCUT2D eigenvalue weighted by molar-refractivity contribution is 0.302. The van der Waals surface area contributed by atoms with E-state index in [0.29, 0.717) is 23.7 Å². The minimum Gasteiger partial charge on any atom is -0.490 e. The van der Waals surface area contributed by atoms with Crippen molar-refractivity contribution in [2.45, 2.75) is 13.3 Å². The highest BCUT2D eigenvalue weighted by Crippen LogP contribution is 2.31. The van der Waals surface area contributed by atoms with E-state index in [2.05, 4.69) is 13.0 Å². The van der Waals surface area contributed by atoms with E-state index in [1.165, 1.54) is 0 Å². The zero-order chi connectivity index (χ0) is 13.5. The summed E-state index contributed by atoms with van der Waals surface area (Å²) in [6.45, 7) is 2.72. The Morgan fingerprint density at radius 2 is 1.68 bits per heavy atom. The maximum Gasteiger partial charge on any atom is 0.169 e. The van der Waals surface area contributed by atoms with Crippen molar-refractivity contribution in [3.63, 3.8) is 0 Å². The van der Waals surface area contributed by atoms with E-state index in [1.54, 1.807) is 24.3 Å². The van der Waals surface area contributed by atoms with Crippen LogP contribution in [0.3, 0.4) is 0 Å². The summed E-state index contributed by atoms with van der Waals surface area (Å²) in [5.41, 5.74) is 0.614. The summed E-state index contributed by atoms with van der Waals surface area (Å²) in [5, 5.41) is 8.75. The zero-order valence-corrected chi connectivity index (χ0v) is 10.8. The number of ether oxygens (including phenoxy) is 2. The SMILES string of the molecule is CCCOc1ccccc1Oc1ccc(C#N)cc1. The van der Waals surface area contributed by atoms with Gasteiger partial charge in [-0.1, -0.05) is 19.1 Å². The van der Waals surface area contributed by atoms with Crippen molar-refractivity contribution in [3.8, 4) is 23.3 Å². The molecule has 0 amide bonds. The maximum atomic E-state index is 8.75. The third-order valence-electron chi connectivity index (χ3n) is 2.52. The van der Waals surface area contributed by atoms with Crippen LogP contribution in [0.1, 0.15) is 18.9 Å². The summed E-state index contributed by atoms with van der Waals surface area (Å²) in [7, 11) is 0. The predicted molar refractivity (Wildman–Crippen MR) is 73.5 cm³/mol. The Morgan fingerprint density at radius 3 is 2.32 bits per heavy atom. The van der Waals surface area contributed by atoms with E-state index in [-0.39, 0.29) is 0 Å². The first kappa shape index (κ1) is 13.0. The molecule has 0 heterocycles. The van der Waals surface area contributed by atoms with Gasteiger partial charge in [-0.3, -0.25) is 0 Å². The second-order valence-electron chi connectivity index (χ2n) is 4.03. The third kappa shape index (κ3) is 3.49. The summed E-state index contributed by atoms with van der Waals surface area (Å²) in [4.78, 5) is 0. The normalized spacial score (nSPS) is 9.68. The van der Waals surface area contributed by atoms with Gasteiger partial charge in [0.1, 0.15) is 5.75 Å². The molecular formula is C16H15NO2. The highest BCUT2D eigenvalue weighted by molar-refractivity contribution is 5.43. The van der Waals surface area contributed by atoms with Gasteiger partial charge in [-0.2, -0.15) is 5.26 Å². The van der Waals surface area contributed by atoms with Crippen molar-refractivity contribution in [3.05, 3.63) is 54.1 Å². The van der Waals surface area contributed by atoms with Crippen molar-refractivity contribution >= 4 is 0 Å². The summed E-state index contributed by atoms with van der Waals surface area (Å²) in [6.07, 6.45) is 0.950. The quantitative estimate of drug-likeness (QED) is 0.804. The molecular weight excluding hydrogens is 238 g/mol. The zero-order valence-electron chi connectivity index (χ0n) is 10.8. The summed E-state index contributed by atoms with van der Waals surface area (Å²) in [6, 6.07) is 16.6. The van der Waals surface area contributed by atoms with E-state index in [1.807, 2.05) is 24.3 Å². The maximum absolute atomic E-state index is 8.75. The van der Waals surface area contributed by atoms with Crippen molar-refractivity contribution in [2.24, 2.45) is 0 Å². The second kappa shape index (κ2) is 6.46. The number of para-hydroxylation sites is 2. The molecule has 0 aliphatic rings. The van der Waals surface area contributed by atoms with Gasteiger partial charge in [-0.25, -0.2) is 0 Å². The molecule has 0 bridgehead atoms. The molecule has 2 aromatic rings. The predicted octanol–water partition coefficient (Wildman–Crippen LogP) is 4.14. The number of hydrogen-bond acceptors (Lipinski definition) is 3. The van der Waals surface area contributed by atoms with E-state index in [4.69, 9.17) is 14.7 Å². The lowest BCUT2D eigenvalue weighted by atomic mass is 10.2. The molecule has 0 N–H and O–H groups in total. The molecule has 3 nitrogen and oxygen atoms in total. The minimum atomic E-state index is 0.614. The van der Waals surface area contributed by atoms with Crippen LogP contribution in [0.2, 0.25) is 0 Å². The van der Waals surface area contributed by atoms with Crippen LogP contribution in [-0.4, -0.2) is 6.61 Å². The first-order valence-electron chi connectivity index (χ1n) is 6.23. The van der Waals surface area contributed by atoms with Gasteiger partial charge < -0.3 is 9.47 Å². The van der Waals surface area contributed by atoms with Gasteiger partial charge >= 0.3 is 0 Å².